The predicted octanol–water partition coefficient (Wildman–Crippen LogP) is 2.50. The van der Waals surface area contributed by atoms with Crippen molar-refractivity contribution >= 4 is 17.2 Å². The van der Waals surface area contributed by atoms with Gasteiger partial charge in [0.05, 0.1) is 5.01 Å². The molecule has 1 aromatic heterocycles. The number of halogens is 3. The minimum Gasteiger partial charge on any atom is -0.339 e. The lowest BCUT2D eigenvalue weighted by Gasteiger charge is -2.26. The molecule has 8 heteroatoms. The van der Waals surface area contributed by atoms with E-state index in [1.807, 2.05) is 0 Å². The number of hydrogen-bond acceptors (Lipinski definition) is 4. The highest BCUT2D eigenvalue weighted by Gasteiger charge is 2.46. The Hall–Kier alpha value is -1.15. The van der Waals surface area contributed by atoms with Crippen molar-refractivity contribution in [2.45, 2.75) is 44.3 Å². The number of thiazole rings is 1. The van der Waals surface area contributed by atoms with Crippen molar-refractivity contribution < 1.29 is 18.0 Å². The Morgan fingerprint density at radius 3 is 2.71 bits per heavy atom. The van der Waals surface area contributed by atoms with Gasteiger partial charge in [0, 0.05) is 11.8 Å². The van der Waals surface area contributed by atoms with Crippen molar-refractivity contribution in [2.75, 3.05) is 6.54 Å². The van der Waals surface area contributed by atoms with E-state index < -0.39 is 24.0 Å². The summed E-state index contributed by atoms with van der Waals surface area (Å²) >= 11 is 1.24. The van der Waals surface area contributed by atoms with Crippen LogP contribution in [-0.4, -0.2) is 29.7 Å². The molecule has 1 atom stereocenters. The molecule has 1 unspecified atom stereocenters. The third-order valence-corrected chi connectivity index (χ3v) is 4.56. The molecule has 1 heterocycles. The number of carbonyl (C=O) groups is 1. The van der Waals surface area contributed by atoms with Gasteiger partial charge >= 0.3 is 6.18 Å². The van der Waals surface area contributed by atoms with Crippen LogP contribution in [0.5, 0.6) is 0 Å². The molecule has 0 saturated heterocycles. The highest BCUT2D eigenvalue weighted by molar-refractivity contribution is 7.09. The van der Waals surface area contributed by atoms with Crippen molar-refractivity contribution in [3.63, 3.8) is 0 Å². The Kier molecular flexibility index (Phi) is 5.21. The average Bonchev–Trinajstić information content (AvgIpc) is 3.05. The molecule has 1 saturated carbocycles. The molecule has 0 bridgehead atoms. The van der Waals surface area contributed by atoms with E-state index in [1.54, 1.807) is 0 Å². The lowest BCUT2D eigenvalue weighted by Crippen LogP contribution is -2.49. The molecule has 0 radical (unpaired) electrons. The van der Waals surface area contributed by atoms with Crippen LogP contribution in [0.2, 0.25) is 0 Å². The van der Waals surface area contributed by atoms with E-state index in [0.29, 0.717) is 30.8 Å². The number of rotatable bonds is 5. The lowest BCUT2D eigenvalue weighted by molar-refractivity contribution is -0.164. The second kappa shape index (κ2) is 6.74. The molecular formula is C13H18F3N3OS. The quantitative estimate of drug-likeness (QED) is 0.875. The molecule has 0 aliphatic heterocycles. The van der Waals surface area contributed by atoms with Gasteiger partial charge in [0.1, 0.15) is 11.7 Å². The zero-order valence-electron chi connectivity index (χ0n) is 11.4. The molecule has 118 valence electrons. The molecule has 1 aromatic rings. The van der Waals surface area contributed by atoms with E-state index in [2.05, 4.69) is 10.3 Å². The molecule has 3 N–H and O–H groups in total. The second-order valence-corrected chi connectivity index (χ2v) is 6.15. The van der Waals surface area contributed by atoms with Crippen LogP contribution in [-0.2, 0) is 6.42 Å². The first-order valence-corrected chi connectivity index (χ1v) is 7.82. The Balaban J connectivity index is 2.06. The summed E-state index contributed by atoms with van der Waals surface area (Å²) in [7, 11) is 0. The number of carbonyl (C=O) groups excluding carboxylic acids is 1. The van der Waals surface area contributed by atoms with Crippen molar-refractivity contribution in [1.29, 1.82) is 0 Å². The van der Waals surface area contributed by atoms with Gasteiger partial charge in [0.15, 0.2) is 0 Å². The second-order valence-electron chi connectivity index (χ2n) is 5.20. The number of nitrogens with two attached hydrogens (primary N) is 1. The number of amides is 1. The van der Waals surface area contributed by atoms with E-state index in [9.17, 15) is 18.0 Å². The summed E-state index contributed by atoms with van der Waals surface area (Å²) < 4.78 is 39.4. The first-order chi connectivity index (χ1) is 9.91. The van der Waals surface area contributed by atoms with Crippen molar-refractivity contribution in [3.05, 3.63) is 16.1 Å². The monoisotopic (exact) mass is 321 g/mol. The van der Waals surface area contributed by atoms with Crippen LogP contribution in [0.3, 0.4) is 0 Å². The summed E-state index contributed by atoms with van der Waals surface area (Å²) in [4.78, 5) is 16.0. The van der Waals surface area contributed by atoms with Gasteiger partial charge in [-0.15, -0.1) is 11.3 Å². The molecule has 21 heavy (non-hydrogen) atoms. The van der Waals surface area contributed by atoms with Crippen LogP contribution in [0.4, 0.5) is 13.2 Å². The number of nitrogens with zero attached hydrogens (tertiary/aromatic N) is 1. The highest BCUT2D eigenvalue weighted by Crippen LogP contribution is 2.35. The SMILES string of the molecule is NCCc1nc(C(=O)NC(C2CCCC2)C(F)(F)F)cs1. The maximum atomic E-state index is 13.1. The maximum absolute atomic E-state index is 13.1. The van der Waals surface area contributed by atoms with Gasteiger partial charge in [-0.1, -0.05) is 12.8 Å². The number of hydrogen-bond donors (Lipinski definition) is 2. The Labute approximate surface area is 124 Å². The fourth-order valence-corrected chi connectivity index (χ4v) is 3.42. The van der Waals surface area contributed by atoms with Gasteiger partial charge < -0.3 is 11.1 Å². The van der Waals surface area contributed by atoms with Crippen LogP contribution in [0.1, 0.15) is 41.2 Å². The van der Waals surface area contributed by atoms with Crippen LogP contribution >= 0.6 is 11.3 Å². The van der Waals surface area contributed by atoms with Crippen molar-refractivity contribution in [3.8, 4) is 0 Å². The molecule has 2 rings (SSSR count). The first-order valence-electron chi connectivity index (χ1n) is 6.94. The van der Waals surface area contributed by atoms with Gasteiger partial charge in [-0.2, -0.15) is 13.2 Å². The molecule has 0 aromatic carbocycles. The number of nitrogens with one attached hydrogen (secondary N) is 1. The molecule has 4 nitrogen and oxygen atoms in total. The third kappa shape index (κ3) is 4.16. The molecule has 1 aliphatic carbocycles. The Bertz CT molecular complexity index is 483. The zero-order valence-corrected chi connectivity index (χ0v) is 12.3. The molecular weight excluding hydrogens is 303 g/mol. The van der Waals surface area contributed by atoms with Crippen molar-refractivity contribution in [1.82, 2.24) is 10.3 Å². The standard InChI is InChI=1S/C13H18F3N3OS/c14-13(15,16)11(8-3-1-2-4-8)19-12(20)9-7-21-10(18-9)5-6-17/h7-8,11H,1-6,17H2,(H,19,20). The summed E-state index contributed by atoms with van der Waals surface area (Å²) in [6.07, 6.45) is -1.35. The van der Waals surface area contributed by atoms with Crippen LogP contribution in [0, 0.1) is 5.92 Å². The molecule has 1 aliphatic rings. The van der Waals surface area contributed by atoms with Gasteiger partial charge in [-0.05, 0) is 25.3 Å². The first kappa shape index (κ1) is 16.2. The summed E-state index contributed by atoms with van der Waals surface area (Å²) in [5, 5.41) is 4.25. The average molecular weight is 321 g/mol. The van der Waals surface area contributed by atoms with Gasteiger partial charge in [-0.25, -0.2) is 4.98 Å². The fraction of sp³-hybridized carbons (Fsp3) is 0.692. The van der Waals surface area contributed by atoms with Gasteiger partial charge in [-0.3, -0.25) is 4.79 Å². The summed E-state index contributed by atoms with van der Waals surface area (Å²) in [5.74, 6) is -1.29. The lowest BCUT2D eigenvalue weighted by atomic mass is 9.97. The normalized spacial score (nSPS) is 17.9. The number of aromatic nitrogens is 1. The molecule has 1 fully saturated rings. The summed E-state index contributed by atoms with van der Waals surface area (Å²) in [6.45, 7) is 0.391. The third-order valence-electron chi connectivity index (χ3n) is 3.65. The summed E-state index contributed by atoms with van der Waals surface area (Å²) in [5.41, 5.74) is 5.42. The summed E-state index contributed by atoms with van der Waals surface area (Å²) in [6, 6.07) is -1.79. The molecule has 0 spiro atoms. The zero-order chi connectivity index (χ0) is 15.5. The van der Waals surface area contributed by atoms with Crippen LogP contribution < -0.4 is 11.1 Å². The maximum Gasteiger partial charge on any atom is 0.408 e. The van der Waals surface area contributed by atoms with Gasteiger partial charge in [0.25, 0.3) is 5.91 Å². The minimum absolute atomic E-state index is 0.0377. The van der Waals surface area contributed by atoms with Crippen LogP contribution in [0.15, 0.2) is 5.38 Å². The fourth-order valence-electron chi connectivity index (χ4n) is 2.63. The predicted molar refractivity (Wildman–Crippen MR) is 74.1 cm³/mol. The number of alkyl halides is 3. The highest BCUT2D eigenvalue weighted by atomic mass is 32.1. The van der Waals surface area contributed by atoms with E-state index in [1.165, 1.54) is 16.7 Å². The van der Waals surface area contributed by atoms with E-state index in [-0.39, 0.29) is 5.69 Å². The van der Waals surface area contributed by atoms with E-state index in [4.69, 9.17) is 5.73 Å². The Morgan fingerprint density at radius 1 is 1.48 bits per heavy atom. The minimum atomic E-state index is -4.43. The van der Waals surface area contributed by atoms with Crippen LogP contribution in [0.25, 0.3) is 0 Å². The van der Waals surface area contributed by atoms with E-state index >= 15 is 0 Å². The van der Waals surface area contributed by atoms with E-state index in [0.717, 1.165) is 12.8 Å². The Morgan fingerprint density at radius 2 is 2.14 bits per heavy atom. The smallest absolute Gasteiger partial charge is 0.339 e. The largest absolute Gasteiger partial charge is 0.408 e. The van der Waals surface area contributed by atoms with Gasteiger partial charge in [0.2, 0.25) is 0 Å². The van der Waals surface area contributed by atoms with Crippen molar-refractivity contribution in [2.24, 2.45) is 11.7 Å². The topological polar surface area (TPSA) is 68.0 Å². The molecule has 1 amide bonds.